The molecule has 0 bridgehead atoms. The molecule has 3 aliphatic heterocycles. The molecule has 150 valence electrons. The zero-order chi connectivity index (χ0) is 19.3. The minimum atomic E-state index is -0.0888. The summed E-state index contributed by atoms with van der Waals surface area (Å²) in [6.07, 6.45) is 5.84. The molecule has 1 saturated carbocycles. The second-order valence-electron chi connectivity index (χ2n) is 8.84. The minimum absolute atomic E-state index is 0.0401. The number of rotatable bonds is 2. The van der Waals surface area contributed by atoms with Gasteiger partial charge in [0.1, 0.15) is 6.61 Å². The van der Waals surface area contributed by atoms with Gasteiger partial charge in [-0.1, -0.05) is 11.6 Å². The topological polar surface area (TPSA) is 74.8 Å². The number of hydrogen-bond donors (Lipinski definition) is 1. The second kappa shape index (κ2) is 6.88. The van der Waals surface area contributed by atoms with Gasteiger partial charge in [0.25, 0.3) is 0 Å². The average molecular weight is 405 g/mol. The molecule has 8 heteroatoms. The Morgan fingerprint density at radius 3 is 2.89 bits per heavy atom. The summed E-state index contributed by atoms with van der Waals surface area (Å²) in [5.41, 5.74) is 1.41. The first-order valence-corrected chi connectivity index (χ1v) is 10.4. The fourth-order valence-corrected chi connectivity index (χ4v) is 5.47. The average Bonchev–Trinajstić information content (AvgIpc) is 2.63. The summed E-state index contributed by atoms with van der Waals surface area (Å²) in [6, 6.07) is 3.92. The van der Waals surface area contributed by atoms with Gasteiger partial charge in [0.2, 0.25) is 5.91 Å². The van der Waals surface area contributed by atoms with Gasteiger partial charge in [-0.05, 0) is 43.7 Å². The SMILES string of the molecule is O=C1CO[C@H]2CCN(C(=O)N3CC4(CC(Cc5ccc(Cl)cn5)C4)C3)C[C@H]2N1. The standard InChI is InChI=1S/C20H25ClN4O3/c21-14-1-2-15(22-8-14)5-13-6-20(7-13)11-25(12-20)19(27)24-4-3-17-16(9-24)23-18(26)10-28-17/h1-2,8,13,16-17H,3-7,9-12H2,(H,23,26)/t16-,17+/m1/s1. The predicted octanol–water partition coefficient (Wildman–Crippen LogP) is 1.70. The molecular weight excluding hydrogens is 380 g/mol. The molecule has 0 unspecified atom stereocenters. The maximum Gasteiger partial charge on any atom is 0.320 e. The van der Waals surface area contributed by atoms with E-state index in [1.165, 1.54) is 0 Å². The van der Waals surface area contributed by atoms with Gasteiger partial charge >= 0.3 is 6.03 Å². The predicted molar refractivity (Wildman–Crippen MR) is 103 cm³/mol. The number of hydrogen-bond acceptors (Lipinski definition) is 4. The Morgan fingerprint density at radius 2 is 2.14 bits per heavy atom. The van der Waals surface area contributed by atoms with Crippen LogP contribution in [0.4, 0.5) is 4.79 Å². The van der Waals surface area contributed by atoms with Crippen molar-refractivity contribution in [1.82, 2.24) is 20.1 Å². The number of nitrogens with zero attached hydrogens (tertiary/aromatic N) is 3. The van der Waals surface area contributed by atoms with Crippen molar-refractivity contribution in [1.29, 1.82) is 0 Å². The number of likely N-dealkylation sites (tertiary alicyclic amines) is 2. The zero-order valence-corrected chi connectivity index (χ0v) is 16.5. The van der Waals surface area contributed by atoms with E-state index in [1.54, 1.807) is 6.20 Å². The number of ether oxygens (including phenoxy) is 1. The van der Waals surface area contributed by atoms with Crippen molar-refractivity contribution in [3.05, 3.63) is 29.0 Å². The number of carbonyl (C=O) groups is 2. The first kappa shape index (κ1) is 18.2. The number of aromatic nitrogens is 1. The molecule has 28 heavy (non-hydrogen) atoms. The number of morpholine rings is 1. The Morgan fingerprint density at radius 1 is 1.32 bits per heavy atom. The highest BCUT2D eigenvalue weighted by atomic mass is 35.5. The molecule has 2 atom stereocenters. The molecule has 4 fully saturated rings. The van der Waals surface area contributed by atoms with Crippen LogP contribution in [0.3, 0.4) is 0 Å². The Hall–Kier alpha value is -1.86. The van der Waals surface area contributed by atoms with Crippen LogP contribution in [0.5, 0.6) is 0 Å². The molecule has 7 nitrogen and oxygen atoms in total. The van der Waals surface area contributed by atoms with Crippen LogP contribution in [0.1, 0.15) is 25.0 Å². The number of pyridine rings is 1. The minimum Gasteiger partial charge on any atom is -0.366 e. The molecule has 5 rings (SSSR count). The Bertz CT molecular complexity index is 772. The van der Waals surface area contributed by atoms with Crippen molar-refractivity contribution in [3.63, 3.8) is 0 Å². The lowest BCUT2D eigenvalue weighted by Crippen LogP contribution is -2.68. The van der Waals surface area contributed by atoms with Crippen LogP contribution in [-0.4, -0.2) is 71.7 Å². The first-order chi connectivity index (χ1) is 13.5. The van der Waals surface area contributed by atoms with Crippen molar-refractivity contribution in [2.75, 3.05) is 32.8 Å². The highest BCUT2D eigenvalue weighted by Crippen LogP contribution is 2.53. The number of nitrogens with one attached hydrogen (secondary N) is 1. The molecule has 0 aromatic carbocycles. The van der Waals surface area contributed by atoms with E-state index in [0.717, 1.165) is 44.5 Å². The Kier molecular flexibility index (Phi) is 4.47. The van der Waals surface area contributed by atoms with Gasteiger partial charge in [-0.3, -0.25) is 9.78 Å². The van der Waals surface area contributed by atoms with E-state index in [9.17, 15) is 9.59 Å². The van der Waals surface area contributed by atoms with E-state index < -0.39 is 0 Å². The summed E-state index contributed by atoms with van der Waals surface area (Å²) < 4.78 is 5.57. The van der Waals surface area contributed by atoms with Crippen molar-refractivity contribution in [2.45, 2.75) is 37.8 Å². The van der Waals surface area contributed by atoms with Crippen LogP contribution >= 0.6 is 11.6 Å². The zero-order valence-electron chi connectivity index (χ0n) is 15.8. The van der Waals surface area contributed by atoms with E-state index in [-0.39, 0.29) is 30.7 Å². The van der Waals surface area contributed by atoms with E-state index >= 15 is 0 Å². The fourth-order valence-electron chi connectivity index (χ4n) is 5.36. The summed E-state index contributed by atoms with van der Waals surface area (Å²) in [5, 5.41) is 3.63. The molecular formula is C20H25ClN4O3. The van der Waals surface area contributed by atoms with Gasteiger partial charge in [0.05, 0.1) is 17.2 Å². The number of piperidine rings is 1. The summed E-state index contributed by atoms with van der Waals surface area (Å²) in [6.45, 7) is 3.08. The third-order valence-corrected chi connectivity index (χ3v) is 6.87. The number of halogens is 1. The molecule has 1 aromatic rings. The normalized spacial score (nSPS) is 29.0. The fraction of sp³-hybridized carbons (Fsp3) is 0.650. The number of urea groups is 1. The maximum absolute atomic E-state index is 12.8. The van der Waals surface area contributed by atoms with E-state index in [1.807, 2.05) is 21.9 Å². The lowest BCUT2D eigenvalue weighted by molar-refractivity contribution is -0.140. The third-order valence-electron chi connectivity index (χ3n) is 6.65. The highest BCUT2D eigenvalue weighted by molar-refractivity contribution is 6.30. The largest absolute Gasteiger partial charge is 0.366 e. The van der Waals surface area contributed by atoms with E-state index in [2.05, 4.69) is 10.3 Å². The molecule has 3 amide bonds. The molecule has 1 N–H and O–H groups in total. The van der Waals surface area contributed by atoms with Crippen molar-refractivity contribution >= 4 is 23.5 Å². The van der Waals surface area contributed by atoms with E-state index in [0.29, 0.717) is 29.4 Å². The summed E-state index contributed by atoms with van der Waals surface area (Å²) in [4.78, 5) is 32.6. The van der Waals surface area contributed by atoms with Crippen molar-refractivity contribution in [3.8, 4) is 0 Å². The molecule has 1 aliphatic carbocycles. The summed E-state index contributed by atoms with van der Waals surface area (Å²) >= 11 is 5.90. The smallest absolute Gasteiger partial charge is 0.320 e. The lowest BCUT2D eigenvalue weighted by Gasteiger charge is -2.60. The van der Waals surface area contributed by atoms with Gasteiger partial charge < -0.3 is 19.9 Å². The van der Waals surface area contributed by atoms with Gasteiger partial charge in [0, 0.05) is 43.5 Å². The van der Waals surface area contributed by atoms with Crippen LogP contribution in [0.2, 0.25) is 5.02 Å². The molecule has 4 aliphatic rings. The molecule has 3 saturated heterocycles. The quantitative estimate of drug-likeness (QED) is 0.814. The van der Waals surface area contributed by atoms with Crippen LogP contribution in [0, 0.1) is 11.3 Å². The molecule has 1 aromatic heterocycles. The summed E-state index contributed by atoms with van der Waals surface area (Å²) in [7, 11) is 0. The second-order valence-corrected chi connectivity index (χ2v) is 9.28. The van der Waals surface area contributed by atoms with Gasteiger partial charge in [0.15, 0.2) is 0 Å². The van der Waals surface area contributed by atoms with E-state index in [4.69, 9.17) is 16.3 Å². The van der Waals surface area contributed by atoms with Crippen LogP contribution in [0.25, 0.3) is 0 Å². The van der Waals surface area contributed by atoms with Crippen molar-refractivity contribution < 1.29 is 14.3 Å². The van der Waals surface area contributed by atoms with Crippen molar-refractivity contribution in [2.24, 2.45) is 11.3 Å². The molecule has 0 radical (unpaired) electrons. The first-order valence-electron chi connectivity index (χ1n) is 10.0. The Labute approximate surface area is 169 Å². The lowest BCUT2D eigenvalue weighted by atomic mass is 9.57. The maximum atomic E-state index is 12.8. The van der Waals surface area contributed by atoms with Crippen LogP contribution in [0.15, 0.2) is 18.3 Å². The molecule has 1 spiro atoms. The number of amides is 3. The number of carbonyl (C=O) groups excluding carboxylic acids is 2. The Balaban J connectivity index is 1.09. The van der Waals surface area contributed by atoms with Crippen LogP contribution < -0.4 is 5.32 Å². The summed E-state index contributed by atoms with van der Waals surface area (Å²) in [5.74, 6) is 0.561. The van der Waals surface area contributed by atoms with Gasteiger partial charge in [-0.25, -0.2) is 4.79 Å². The molecule has 4 heterocycles. The number of fused-ring (bicyclic) bond motifs is 1. The van der Waals surface area contributed by atoms with Gasteiger partial charge in [-0.2, -0.15) is 0 Å². The monoisotopic (exact) mass is 404 g/mol. The third kappa shape index (κ3) is 3.35. The van der Waals surface area contributed by atoms with Crippen LogP contribution in [-0.2, 0) is 16.0 Å². The highest BCUT2D eigenvalue weighted by Gasteiger charge is 2.54. The van der Waals surface area contributed by atoms with Gasteiger partial charge in [-0.15, -0.1) is 0 Å².